The summed E-state index contributed by atoms with van der Waals surface area (Å²) in [7, 11) is 0. The predicted molar refractivity (Wildman–Crippen MR) is 145 cm³/mol. The van der Waals surface area contributed by atoms with E-state index in [0.717, 1.165) is 11.3 Å². The number of hydrogen-bond acceptors (Lipinski definition) is 6. The van der Waals surface area contributed by atoms with Crippen LogP contribution in [0.15, 0.2) is 65.8 Å². The van der Waals surface area contributed by atoms with Gasteiger partial charge in [0, 0.05) is 36.1 Å². The topological polar surface area (TPSA) is 133 Å². The van der Waals surface area contributed by atoms with Gasteiger partial charge >= 0.3 is 6.03 Å². The number of benzene rings is 2. The zero-order chi connectivity index (χ0) is 27.7. The van der Waals surface area contributed by atoms with Crippen LogP contribution in [0, 0.1) is 10.1 Å². The Labute approximate surface area is 229 Å². The number of carbonyl (C=O) groups excluding carboxylic acids is 2. The number of H-pyrrole nitrogens is 1. The molecule has 2 atom stereocenters. The summed E-state index contributed by atoms with van der Waals surface area (Å²) in [5.74, 6) is 0.266. The fourth-order valence-electron chi connectivity index (χ4n) is 4.82. The molecule has 2 aliphatic rings. The molecule has 1 aromatic heterocycles. The number of nitro groups is 1. The first-order valence-electron chi connectivity index (χ1n) is 12.5. The molecule has 202 valence electrons. The second kappa shape index (κ2) is 10.8. The van der Waals surface area contributed by atoms with E-state index in [1.807, 2.05) is 38.1 Å². The summed E-state index contributed by atoms with van der Waals surface area (Å²) < 4.78 is 6.00. The third kappa shape index (κ3) is 5.30. The van der Waals surface area contributed by atoms with Gasteiger partial charge in [-0.05, 0) is 49.7 Å². The lowest BCUT2D eigenvalue weighted by atomic mass is 9.97. The number of urea groups is 1. The number of rotatable bonds is 6. The average Bonchev–Trinajstić information content (AvgIpc) is 3.56. The molecule has 0 saturated carbocycles. The first-order chi connectivity index (χ1) is 18.7. The number of aliphatic imine (C=N–C) groups is 1. The molecule has 3 heterocycles. The average molecular weight is 551 g/mol. The van der Waals surface area contributed by atoms with E-state index in [0.29, 0.717) is 23.7 Å². The maximum atomic E-state index is 14.2. The van der Waals surface area contributed by atoms with Crippen LogP contribution < -0.4 is 10.1 Å². The van der Waals surface area contributed by atoms with Gasteiger partial charge in [-0.25, -0.2) is 4.79 Å². The standard InChI is InChI=1S/C27H27ClN6O5/c1-16(2)39-22-14-19(34(37)38)9-10-20(22)26-31-24(17-5-7-18(28)8-6-17)25(21-4-3-11-29-21)33(26)27(36)32-13-12-30-23(35)15-32/h3-11,14,16,24-25,29H,12-13,15H2,1-2H3,(H,30,35)/t24-,25+/m0/s1. The number of nitrogens with one attached hydrogen (secondary N) is 2. The molecule has 0 spiro atoms. The number of ether oxygens (including phenoxy) is 1. The molecule has 12 heteroatoms. The third-order valence-electron chi connectivity index (χ3n) is 6.51. The molecular weight excluding hydrogens is 524 g/mol. The van der Waals surface area contributed by atoms with E-state index >= 15 is 0 Å². The van der Waals surface area contributed by atoms with Crippen LogP contribution in [0.5, 0.6) is 5.75 Å². The molecule has 0 bridgehead atoms. The number of hydrogen-bond donors (Lipinski definition) is 2. The van der Waals surface area contributed by atoms with Crippen molar-refractivity contribution in [2.75, 3.05) is 19.6 Å². The molecule has 3 aromatic rings. The van der Waals surface area contributed by atoms with Crippen LogP contribution in [0.2, 0.25) is 5.02 Å². The van der Waals surface area contributed by atoms with Crippen LogP contribution >= 0.6 is 11.6 Å². The molecule has 11 nitrogen and oxygen atoms in total. The Hall–Kier alpha value is -4.38. The van der Waals surface area contributed by atoms with Gasteiger partial charge in [-0.1, -0.05) is 23.7 Å². The first kappa shape index (κ1) is 26.2. The molecule has 0 radical (unpaired) electrons. The highest BCUT2D eigenvalue weighted by Gasteiger charge is 2.45. The summed E-state index contributed by atoms with van der Waals surface area (Å²) >= 11 is 6.16. The highest BCUT2D eigenvalue weighted by atomic mass is 35.5. The molecule has 5 rings (SSSR count). The second-order valence-corrected chi connectivity index (χ2v) is 9.98. The van der Waals surface area contributed by atoms with Gasteiger partial charge in [-0.3, -0.25) is 24.8 Å². The van der Waals surface area contributed by atoms with Gasteiger partial charge in [0.05, 0.1) is 22.7 Å². The van der Waals surface area contributed by atoms with Crippen LogP contribution in [-0.2, 0) is 4.79 Å². The number of halogens is 1. The number of aromatic nitrogens is 1. The van der Waals surface area contributed by atoms with E-state index in [-0.39, 0.29) is 35.8 Å². The van der Waals surface area contributed by atoms with Crippen molar-refractivity contribution in [3.63, 3.8) is 0 Å². The Morgan fingerprint density at radius 3 is 2.62 bits per heavy atom. The van der Waals surface area contributed by atoms with E-state index in [1.54, 1.807) is 29.3 Å². The van der Waals surface area contributed by atoms with Crippen molar-refractivity contribution in [3.05, 3.63) is 92.8 Å². The van der Waals surface area contributed by atoms with Crippen molar-refractivity contribution in [3.8, 4) is 5.75 Å². The maximum absolute atomic E-state index is 14.2. The van der Waals surface area contributed by atoms with E-state index in [9.17, 15) is 19.7 Å². The summed E-state index contributed by atoms with van der Waals surface area (Å²) in [4.78, 5) is 48.7. The normalized spacial score (nSPS) is 19.2. The van der Waals surface area contributed by atoms with Crippen molar-refractivity contribution in [2.24, 2.45) is 4.99 Å². The van der Waals surface area contributed by atoms with Gasteiger partial charge in [0.15, 0.2) is 0 Å². The molecule has 2 N–H and O–H groups in total. The number of nitro benzene ring substituents is 1. The maximum Gasteiger partial charge on any atom is 0.326 e. The molecule has 3 amide bonds. The van der Waals surface area contributed by atoms with Crippen LogP contribution in [0.4, 0.5) is 10.5 Å². The summed E-state index contributed by atoms with van der Waals surface area (Å²) in [6.07, 6.45) is 1.47. The molecule has 1 fully saturated rings. The monoisotopic (exact) mass is 550 g/mol. The van der Waals surface area contributed by atoms with Gasteiger partial charge in [-0.15, -0.1) is 0 Å². The zero-order valence-corrected chi connectivity index (χ0v) is 22.1. The van der Waals surface area contributed by atoms with Crippen molar-refractivity contribution >= 4 is 35.1 Å². The van der Waals surface area contributed by atoms with E-state index < -0.39 is 23.0 Å². The highest BCUT2D eigenvalue weighted by molar-refractivity contribution is 6.30. The molecule has 0 aliphatic carbocycles. The van der Waals surface area contributed by atoms with Gasteiger partial charge in [0.1, 0.15) is 30.2 Å². The second-order valence-electron chi connectivity index (χ2n) is 9.55. The lowest BCUT2D eigenvalue weighted by molar-refractivity contribution is -0.384. The molecule has 2 aliphatic heterocycles. The minimum absolute atomic E-state index is 0.0959. The van der Waals surface area contributed by atoms with Crippen LogP contribution in [0.25, 0.3) is 0 Å². The minimum Gasteiger partial charge on any atom is -0.490 e. The Morgan fingerprint density at radius 1 is 1.21 bits per heavy atom. The molecular formula is C27H27ClN6O5. The number of aromatic amines is 1. The fourth-order valence-corrected chi connectivity index (χ4v) is 4.94. The molecule has 39 heavy (non-hydrogen) atoms. The lowest BCUT2D eigenvalue weighted by Crippen LogP contribution is -2.55. The molecule has 0 unspecified atom stereocenters. The molecule has 2 aromatic carbocycles. The fraction of sp³-hybridized carbons (Fsp3) is 0.296. The van der Waals surface area contributed by atoms with E-state index in [4.69, 9.17) is 21.3 Å². The number of carbonyl (C=O) groups is 2. The number of amides is 3. The lowest BCUT2D eigenvalue weighted by Gasteiger charge is -2.35. The smallest absolute Gasteiger partial charge is 0.326 e. The van der Waals surface area contributed by atoms with Crippen molar-refractivity contribution in [1.29, 1.82) is 0 Å². The van der Waals surface area contributed by atoms with Crippen molar-refractivity contribution < 1.29 is 19.2 Å². The van der Waals surface area contributed by atoms with Gasteiger partial charge in [0.2, 0.25) is 5.91 Å². The number of nitrogens with zero attached hydrogens (tertiary/aromatic N) is 4. The van der Waals surface area contributed by atoms with Gasteiger partial charge in [0.25, 0.3) is 5.69 Å². The van der Waals surface area contributed by atoms with Crippen molar-refractivity contribution in [1.82, 2.24) is 20.1 Å². The largest absolute Gasteiger partial charge is 0.490 e. The summed E-state index contributed by atoms with van der Waals surface area (Å²) in [6, 6.07) is 13.6. The number of piperazine rings is 1. The number of non-ortho nitro benzene ring substituents is 1. The predicted octanol–water partition coefficient (Wildman–Crippen LogP) is 4.46. The van der Waals surface area contributed by atoms with E-state index in [2.05, 4.69) is 10.3 Å². The Kier molecular flexibility index (Phi) is 7.25. The van der Waals surface area contributed by atoms with Gasteiger partial charge < -0.3 is 19.9 Å². The summed E-state index contributed by atoms with van der Waals surface area (Å²) in [5, 5.41) is 14.9. The quantitative estimate of drug-likeness (QED) is 0.345. The van der Waals surface area contributed by atoms with Gasteiger partial charge in [-0.2, -0.15) is 0 Å². The third-order valence-corrected chi connectivity index (χ3v) is 6.77. The Bertz CT molecular complexity index is 1420. The van der Waals surface area contributed by atoms with Crippen LogP contribution in [0.3, 0.4) is 0 Å². The minimum atomic E-state index is -0.601. The first-order valence-corrected chi connectivity index (χ1v) is 12.9. The zero-order valence-electron chi connectivity index (χ0n) is 21.3. The summed E-state index contributed by atoms with van der Waals surface area (Å²) in [5.41, 5.74) is 1.83. The molecule has 1 saturated heterocycles. The van der Waals surface area contributed by atoms with E-state index in [1.165, 1.54) is 17.0 Å². The SMILES string of the molecule is CC(C)Oc1cc([N+](=O)[O-])ccc1C1=N[C@@H](c2ccc(Cl)cc2)[C@@H](c2ccc[nH]2)N1C(=O)N1CCNC(=O)C1. The highest BCUT2D eigenvalue weighted by Crippen LogP contribution is 2.45. The number of amidine groups is 1. The Balaban J connectivity index is 1.70. The van der Waals surface area contributed by atoms with Crippen molar-refractivity contribution in [2.45, 2.75) is 32.0 Å². The summed E-state index contributed by atoms with van der Waals surface area (Å²) in [6.45, 7) is 4.19. The van der Waals surface area contributed by atoms with Crippen LogP contribution in [0.1, 0.15) is 42.8 Å². The Morgan fingerprint density at radius 2 is 1.97 bits per heavy atom. The van der Waals surface area contributed by atoms with Crippen LogP contribution in [-0.4, -0.2) is 63.2 Å².